The van der Waals surface area contributed by atoms with E-state index in [1.54, 1.807) is 0 Å². The molecule has 1 atom stereocenters. The summed E-state index contributed by atoms with van der Waals surface area (Å²) < 4.78 is 5.28. The van der Waals surface area contributed by atoms with Gasteiger partial charge in [0, 0.05) is 19.6 Å². The van der Waals surface area contributed by atoms with E-state index in [1.807, 2.05) is 27.7 Å². The molecule has 0 bridgehead atoms. The van der Waals surface area contributed by atoms with Gasteiger partial charge in [0.25, 0.3) is 0 Å². The van der Waals surface area contributed by atoms with Crippen LogP contribution >= 0.6 is 0 Å². The van der Waals surface area contributed by atoms with Crippen LogP contribution < -0.4 is 0 Å². The van der Waals surface area contributed by atoms with E-state index < -0.39 is 0 Å². The quantitative estimate of drug-likeness (QED) is 0.715. The van der Waals surface area contributed by atoms with Gasteiger partial charge in [-0.15, -0.1) is 0 Å². The van der Waals surface area contributed by atoms with E-state index in [0.29, 0.717) is 12.3 Å². The van der Waals surface area contributed by atoms with E-state index in [1.165, 1.54) is 19.3 Å². The summed E-state index contributed by atoms with van der Waals surface area (Å²) in [7, 11) is 0. The Hall–Kier alpha value is -0.550. The normalized spacial score (nSPS) is 17.0. The summed E-state index contributed by atoms with van der Waals surface area (Å²) in [4.78, 5) is 0. The molecule has 1 aliphatic heterocycles. The highest BCUT2D eigenvalue weighted by Crippen LogP contribution is 2.23. The molecule has 1 heterocycles. The molecule has 2 nitrogen and oxygen atoms in total. The summed E-state index contributed by atoms with van der Waals surface area (Å²) in [5, 5.41) is 8.49. The third-order valence-electron chi connectivity index (χ3n) is 2.52. The minimum absolute atomic E-state index is 0.568. The number of rotatable bonds is 3. The molecule has 1 aliphatic rings. The van der Waals surface area contributed by atoms with Gasteiger partial charge in [0.15, 0.2) is 0 Å². The zero-order valence-corrected chi connectivity index (χ0v) is 11.8. The van der Waals surface area contributed by atoms with Gasteiger partial charge < -0.3 is 4.74 Å². The molecular weight excluding hydrogens is 198 g/mol. The zero-order valence-electron chi connectivity index (χ0n) is 11.8. The predicted molar refractivity (Wildman–Crippen MR) is 70.3 cm³/mol. The fourth-order valence-corrected chi connectivity index (χ4v) is 1.79. The van der Waals surface area contributed by atoms with Crippen LogP contribution in [-0.4, -0.2) is 13.2 Å². The van der Waals surface area contributed by atoms with Gasteiger partial charge in [0.1, 0.15) is 0 Å². The Bertz CT molecular complexity index is 157. The highest BCUT2D eigenvalue weighted by Gasteiger charge is 2.16. The van der Waals surface area contributed by atoms with Crippen molar-refractivity contribution < 1.29 is 4.74 Å². The third-order valence-corrected chi connectivity index (χ3v) is 2.52. The second-order valence-electron chi connectivity index (χ2n) is 3.76. The summed E-state index contributed by atoms with van der Waals surface area (Å²) in [5.74, 6) is 1.38. The second kappa shape index (κ2) is 14.5. The van der Waals surface area contributed by atoms with E-state index in [2.05, 4.69) is 13.0 Å². The summed E-state index contributed by atoms with van der Waals surface area (Å²) in [6.45, 7) is 12.0. The maximum absolute atomic E-state index is 8.49. The number of ether oxygens (including phenoxy) is 1. The fraction of sp³-hybridized carbons (Fsp3) is 0.929. The van der Waals surface area contributed by atoms with E-state index in [0.717, 1.165) is 19.1 Å². The van der Waals surface area contributed by atoms with Crippen LogP contribution in [0.5, 0.6) is 0 Å². The molecule has 0 amide bonds. The summed E-state index contributed by atoms with van der Waals surface area (Å²) >= 11 is 0. The van der Waals surface area contributed by atoms with Crippen molar-refractivity contribution >= 4 is 0 Å². The monoisotopic (exact) mass is 227 g/mol. The van der Waals surface area contributed by atoms with Crippen LogP contribution in [0.3, 0.4) is 0 Å². The topological polar surface area (TPSA) is 33.0 Å². The lowest BCUT2D eigenvalue weighted by atomic mass is 9.89. The molecule has 0 spiro atoms. The highest BCUT2D eigenvalue weighted by molar-refractivity contribution is 4.76. The SMILES string of the molecule is CC.CC.CC(CC#N)CC1CCOCC1. The van der Waals surface area contributed by atoms with E-state index in [9.17, 15) is 0 Å². The van der Waals surface area contributed by atoms with E-state index >= 15 is 0 Å². The smallest absolute Gasteiger partial charge is 0.0624 e. The molecule has 2 heteroatoms. The first-order valence-corrected chi connectivity index (χ1v) is 6.77. The van der Waals surface area contributed by atoms with Gasteiger partial charge in [-0.05, 0) is 31.1 Å². The van der Waals surface area contributed by atoms with Gasteiger partial charge in [-0.1, -0.05) is 34.6 Å². The zero-order chi connectivity index (χ0) is 12.8. The highest BCUT2D eigenvalue weighted by atomic mass is 16.5. The Morgan fingerprint density at radius 3 is 2.12 bits per heavy atom. The van der Waals surface area contributed by atoms with Gasteiger partial charge >= 0.3 is 0 Å². The van der Waals surface area contributed by atoms with Crippen molar-refractivity contribution in [2.75, 3.05) is 13.2 Å². The Morgan fingerprint density at radius 2 is 1.69 bits per heavy atom. The second-order valence-corrected chi connectivity index (χ2v) is 3.76. The van der Waals surface area contributed by atoms with Crippen LogP contribution in [-0.2, 0) is 4.74 Å². The number of nitriles is 1. The van der Waals surface area contributed by atoms with E-state index in [4.69, 9.17) is 10.00 Å². The molecule has 1 fully saturated rings. The van der Waals surface area contributed by atoms with E-state index in [-0.39, 0.29) is 0 Å². The third kappa shape index (κ3) is 9.98. The minimum atomic E-state index is 0.568. The van der Waals surface area contributed by atoms with Crippen LogP contribution in [0.4, 0.5) is 0 Å². The Balaban J connectivity index is 0. The molecular formula is C14H29NO. The van der Waals surface area contributed by atoms with Crippen LogP contribution in [0, 0.1) is 23.2 Å². The van der Waals surface area contributed by atoms with Gasteiger partial charge in [-0.3, -0.25) is 0 Å². The lowest BCUT2D eigenvalue weighted by Gasteiger charge is -2.23. The van der Waals surface area contributed by atoms with Crippen molar-refractivity contribution in [2.24, 2.45) is 11.8 Å². The molecule has 1 unspecified atom stereocenters. The Morgan fingerprint density at radius 1 is 1.19 bits per heavy atom. The molecule has 96 valence electrons. The maximum Gasteiger partial charge on any atom is 0.0624 e. The summed E-state index contributed by atoms with van der Waals surface area (Å²) in [6, 6.07) is 2.23. The van der Waals surface area contributed by atoms with Crippen LogP contribution in [0.2, 0.25) is 0 Å². The number of hydrogen-bond donors (Lipinski definition) is 0. The Labute approximate surface area is 102 Å². The lowest BCUT2D eigenvalue weighted by Crippen LogP contribution is -2.17. The van der Waals surface area contributed by atoms with Crippen LogP contribution in [0.15, 0.2) is 0 Å². The van der Waals surface area contributed by atoms with Gasteiger partial charge in [-0.25, -0.2) is 0 Å². The molecule has 0 saturated carbocycles. The minimum Gasteiger partial charge on any atom is -0.381 e. The molecule has 1 rings (SSSR count). The molecule has 0 N–H and O–H groups in total. The molecule has 1 saturated heterocycles. The predicted octanol–water partition coefficient (Wildman–Crippen LogP) is 4.41. The molecule has 0 aromatic rings. The summed E-state index contributed by atoms with van der Waals surface area (Å²) in [5.41, 5.74) is 0. The number of hydrogen-bond acceptors (Lipinski definition) is 2. The first-order chi connectivity index (χ1) is 7.83. The first kappa shape index (κ1) is 17.8. The van der Waals surface area contributed by atoms with Crippen LogP contribution in [0.25, 0.3) is 0 Å². The van der Waals surface area contributed by atoms with Gasteiger partial charge in [0.05, 0.1) is 6.07 Å². The van der Waals surface area contributed by atoms with Crippen molar-refractivity contribution in [2.45, 2.75) is 60.3 Å². The maximum atomic E-state index is 8.49. The number of nitrogens with zero attached hydrogens (tertiary/aromatic N) is 1. The largest absolute Gasteiger partial charge is 0.381 e. The van der Waals surface area contributed by atoms with Crippen molar-refractivity contribution in [1.82, 2.24) is 0 Å². The van der Waals surface area contributed by atoms with Gasteiger partial charge in [-0.2, -0.15) is 5.26 Å². The molecule has 0 aromatic heterocycles. The summed E-state index contributed by atoms with van der Waals surface area (Å²) in [6.07, 6.45) is 4.29. The average molecular weight is 227 g/mol. The van der Waals surface area contributed by atoms with Crippen molar-refractivity contribution in [3.05, 3.63) is 0 Å². The standard InChI is InChI=1S/C10H17NO.2C2H6/c1-9(2-5-11)8-10-3-6-12-7-4-10;2*1-2/h9-10H,2-4,6-8H2,1H3;2*1-2H3. The lowest BCUT2D eigenvalue weighted by molar-refractivity contribution is 0.0596. The molecule has 0 aromatic carbocycles. The van der Waals surface area contributed by atoms with Crippen molar-refractivity contribution in [3.8, 4) is 6.07 Å². The molecule has 0 radical (unpaired) electrons. The van der Waals surface area contributed by atoms with Crippen molar-refractivity contribution in [3.63, 3.8) is 0 Å². The van der Waals surface area contributed by atoms with Crippen molar-refractivity contribution in [1.29, 1.82) is 5.26 Å². The van der Waals surface area contributed by atoms with Crippen LogP contribution in [0.1, 0.15) is 60.3 Å². The fourth-order valence-electron chi connectivity index (χ4n) is 1.79. The molecule has 16 heavy (non-hydrogen) atoms. The Kier molecular flexibility index (Phi) is 16.1. The first-order valence-electron chi connectivity index (χ1n) is 6.77. The average Bonchev–Trinajstić information content (AvgIpc) is 2.36. The molecule has 0 aliphatic carbocycles. The van der Waals surface area contributed by atoms with Gasteiger partial charge in [0.2, 0.25) is 0 Å².